The highest BCUT2D eigenvalue weighted by Crippen LogP contribution is 2.04. The minimum absolute atomic E-state index is 1.20. The van der Waals surface area contributed by atoms with E-state index in [1.807, 2.05) is 0 Å². The van der Waals surface area contributed by atoms with Crippen LogP contribution in [0.15, 0.2) is 0 Å². The Hall–Kier alpha value is 0.860. The van der Waals surface area contributed by atoms with Crippen LogP contribution in [0.25, 0.3) is 0 Å². The Bertz CT molecular complexity index is 37.4. The summed E-state index contributed by atoms with van der Waals surface area (Å²) in [6.07, 6.45) is 6.74. The van der Waals surface area contributed by atoms with E-state index < -0.39 is 0 Å². The van der Waals surface area contributed by atoms with E-state index in [1.54, 1.807) is 0 Å². The van der Waals surface area contributed by atoms with E-state index in [9.17, 15) is 0 Å². The zero-order valence-corrected chi connectivity index (χ0v) is 12.5. The summed E-state index contributed by atoms with van der Waals surface area (Å²) in [6.45, 7) is 13.1. The van der Waals surface area contributed by atoms with Crippen LogP contribution in [0, 0.1) is 0 Å². The molecule has 0 atom stereocenters. The first-order valence-electron chi connectivity index (χ1n) is 5.66. The maximum Gasteiger partial charge on any atom is -0.0382 e. The van der Waals surface area contributed by atoms with E-state index in [2.05, 4.69) is 41.5 Å². The summed E-state index contributed by atoms with van der Waals surface area (Å²) in [4.78, 5) is 0. The molecule has 0 radical (unpaired) electrons. The molecule has 84 valence electrons. The Morgan fingerprint density at radius 3 is 0.692 bits per heavy atom. The van der Waals surface area contributed by atoms with Crippen LogP contribution in [0.3, 0.4) is 0 Å². The van der Waals surface area contributed by atoms with Crippen molar-refractivity contribution in [2.75, 3.05) is 24.6 Å². The van der Waals surface area contributed by atoms with Gasteiger partial charge in [-0.1, -0.05) is 48.0 Å². The van der Waals surface area contributed by atoms with Crippen LogP contribution < -0.4 is 0 Å². The summed E-state index contributed by atoms with van der Waals surface area (Å²) < 4.78 is 0. The fraction of sp³-hybridized carbons (Fsp3) is 1.00. The van der Waals surface area contributed by atoms with Crippen molar-refractivity contribution in [1.29, 1.82) is 0 Å². The van der Waals surface area contributed by atoms with Crippen molar-refractivity contribution in [1.82, 2.24) is 0 Å². The van der Waals surface area contributed by atoms with Crippen LogP contribution in [0.2, 0.25) is 0 Å². The molecule has 0 aromatic heterocycles. The third kappa shape index (κ3) is 64.2. The molecule has 0 fully saturated rings. The lowest BCUT2D eigenvalue weighted by molar-refractivity contribution is 1.09. The zero-order valence-electron chi connectivity index (χ0n) is 10.5. The molecule has 0 aliphatic carbocycles. The molecule has 0 saturated heterocycles. The Balaban J connectivity index is -0.000000120. The summed E-state index contributed by atoms with van der Waals surface area (Å²) in [5.41, 5.74) is 0. The zero-order chi connectivity index (χ0) is 10.9. The lowest BCUT2D eigenvalue weighted by Gasteiger charge is -1.80. The Morgan fingerprint density at radius 1 is 0.538 bits per heavy atom. The SMILES string of the molecule is CCC.CCPCC.CCPCC. The van der Waals surface area contributed by atoms with E-state index in [4.69, 9.17) is 0 Å². The lowest BCUT2D eigenvalue weighted by Crippen LogP contribution is -1.59. The molecule has 0 bridgehead atoms. The second-order valence-corrected chi connectivity index (χ2v) is 6.45. The fourth-order valence-corrected chi connectivity index (χ4v) is 1.50. The molecular formula is C11H30P2. The van der Waals surface area contributed by atoms with Crippen LogP contribution >= 0.6 is 17.2 Å². The molecule has 0 aliphatic heterocycles. The normalized spacial score (nSPS) is 7.85. The van der Waals surface area contributed by atoms with Gasteiger partial charge in [0.15, 0.2) is 0 Å². The predicted molar refractivity (Wildman–Crippen MR) is 74.8 cm³/mol. The topological polar surface area (TPSA) is 0 Å². The Kier molecular flexibility index (Phi) is 43.8. The molecule has 0 heterocycles. The molecule has 0 spiro atoms. The third-order valence-electron chi connectivity index (χ3n) is 1.000. The van der Waals surface area contributed by atoms with Gasteiger partial charge in [-0.2, -0.15) is 0 Å². The highest BCUT2D eigenvalue weighted by molar-refractivity contribution is 7.38. The largest absolute Gasteiger partial charge is 0.123 e. The summed E-state index contributed by atoms with van der Waals surface area (Å²) >= 11 is 0. The second kappa shape index (κ2) is 29.3. The smallest absolute Gasteiger partial charge is 0.0382 e. The molecule has 0 N–H and O–H groups in total. The quantitative estimate of drug-likeness (QED) is 0.600. The first-order valence-corrected chi connectivity index (χ1v) is 8.49. The van der Waals surface area contributed by atoms with Crippen molar-refractivity contribution in [2.45, 2.75) is 48.0 Å². The molecule has 0 rings (SSSR count). The van der Waals surface area contributed by atoms with E-state index in [0.717, 1.165) is 0 Å². The van der Waals surface area contributed by atoms with E-state index in [1.165, 1.54) is 48.2 Å². The van der Waals surface area contributed by atoms with Gasteiger partial charge in [0.1, 0.15) is 0 Å². The van der Waals surface area contributed by atoms with Gasteiger partial charge in [0.05, 0.1) is 0 Å². The monoisotopic (exact) mass is 224 g/mol. The van der Waals surface area contributed by atoms with Gasteiger partial charge in [-0.15, -0.1) is 17.2 Å². The number of hydrogen-bond acceptors (Lipinski definition) is 0. The molecule has 13 heavy (non-hydrogen) atoms. The molecular weight excluding hydrogens is 194 g/mol. The third-order valence-corrected chi connectivity index (χ3v) is 3.00. The van der Waals surface area contributed by atoms with Crippen LogP contribution in [0.4, 0.5) is 0 Å². The van der Waals surface area contributed by atoms with E-state index in [0.29, 0.717) is 0 Å². The molecule has 0 aliphatic rings. The van der Waals surface area contributed by atoms with Crippen molar-refractivity contribution in [3.05, 3.63) is 0 Å². The van der Waals surface area contributed by atoms with E-state index >= 15 is 0 Å². The molecule has 0 aromatic rings. The first-order chi connectivity index (χ1) is 6.24. The molecule has 0 amide bonds. The van der Waals surface area contributed by atoms with E-state index in [-0.39, 0.29) is 0 Å². The average Bonchev–Trinajstić information content (AvgIpc) is 2.09. The van der Waals surface area contributed by atoms with Gasteiger partial charge in [0.25, 0.3) is 0 Å². The van der Waals surface area contributed by atoms with Crippen LogP contribution in [0.5, 0.6) is 0 Å². The van der Waals surface area contributed by atoms with Gasteiger partial charge in [0, 0.05) is 0 Å². The van der Waals surface area contributed by atoms with Crippen molar-refractivity contribution < 1.29 is 0 Å². The van der Waals surface area contributed by atoms with Gasteiger partial charge < -0.3 is 0 Å². The van der Waals surface area contributed by atoms with Gasteiger partial charge in [-0.25, -0.2) is 0 Å². The van der Waals surface area contributed by atoms with Gasteiger partial charge in [-0.05, 0) is 24.6 Å². The van der Waals surface area contributed by atoms with Crippen LogP contribution in [0.1, 0.15) is 48.0 Å². The number of rotatable bonds is 4. The lowest BCUT2D eigenvalue weighted by atomic mass is 10.6. The standard InChI is InChI=1S/2C4H11P.C3H8/c2*1-3-5-4-2;1-3-2/h2*5H,3-4H2,1-2H3;3H2,1-2H3. The summed E-state index contributed by atoms with van der Waals surface area (Å²) in [5, 5.41) is 0. The minimum atomic E-state index is 1.20. The molecule has 0 aromatic carbocycles. The summed E-state index contributed by atoms with van der Waals surface area (Å²) in [6, 6.07) is 0. The fourth-order valence-electron chi connectivity index (χ4n) is 0.500. The van der Waals surface area contributed by atoms with Crippen molar-refractivity contribution >= 4 is 17.2 Å². The summed E-state index contributed by atoms with van der Waals surface area (Å²) in [7, 11) is 2.40. The van der Waals surface area contributed by atoms with Gasteiger partial charge in [-0.3, -0.25) is 0 Å². The highest BCUT2D eigenvalue weighted by atomic mass is 31.1. The number of hydrogen-bond donors (Lipinski definition) is 0. The first kappa shape index (κ1) is 19.4. The molecule has 2 heteroatoms. The minimum Gasteiger partial charge on any atom is -0.123 e. The van der Waals surface area contributed by atoms with Crippen LogP contribution in [-0.4, -0.2) is 24.6 Å². The average molecular weight is 224 g/mol. The molecule has 0 saturated carbocycles. The van der Waals surface area contributed by atoms with Crippen molar-refractivity contribution in [3.8, 4) is 0 Å². The van der Waals surface area contributed by atoms with Crippen molar-refractivity contribution in [2.24, 2.45) is 0 Å². The Labute approximate surface area is 90.2 Å². The maximum atomic E-state index is 2.22. The van der Waals surface area contributed by atoms with Gasteiger partial charge in [0.2, 0.25) is 0 Å². The van der Waals surface area contributed by atoms with Crippen LogP contribution in [-0.2, 0) is 0 Å². The second-order valence-electron chi connectivity index (χ2n) is 2.62. The highest BCUT2D eigenvalue weighted by Gasteiger charge is 1.67. The summed E-state index contributed by atoms with van der Waals surface area (Å²) in [5.74, 6) is 0. The van der Waals surface area contributed by atoms with Gasteiger partial charge >= 0.3 is 0 Å². The molecule has 0 unspecified atom stereocenters. The Morgan fingerprint density at radius 2 is 0.692 bits per heavy atom. The van der Waals surface area contributed by atoms with Crippen molar-refractivity contribution in [3.63, 3.8) is 0 Å². The molecule has 0 nitrogen and oxygen atoms in total. The maximum absolute atomic E-state index is 2.22. The predicted octanol–water partition coefficient (Wildman–Crippen LogP) is 4.83.